The molecular weight excluding hydrogens is 298 g/mol. The summed E-state index contributed by atoms with van der Waals surface area (Å²) in [5.41, 5.74) is 0.836. The molecule has 0 radical (unpaired) electrons. The lowest BCUT2D eigenvalue weighted by molar-refractivity contribution is 0.276. The average Bonchev–Trinajstić information content (AvgIpc) is 3.02. The molecule has 0 saturated carbocycles. The summed E-state index contributed by atoms with van der Waals surface area (Å²) in [6.45, 7) is 4.30. The maximum atomic E-state index is 12.8. The number of nitrogens with zero attached hydrogens (tertiary/aromatic N) is 5. The number of aromatic nitrogens is 5. The summed E-state index contributed by atoms with van der Waals surface area (Å²) in [6, 6.07) is 0. The van der Waals surface area contributed by atoms with E-state index in [0.29, 0.717) is 23.5 Å². The fourth-order valence-electron chi connectivity index (χ4n) is 2.80. The standard InChI is InChI=1S/C15H19N5O3/c1-4-5-6-19-13(22)11-12(17(3)15(19)23)16-14-18(7-8-21)10(2)9-20(11)14/h4-5,9,21H,6-8H2,1-3H3. The van der Waals surface area contributed by atoms with Crippen LogP contribution in [0.15, 0.2) is 27.9 Å². The Kier molecular flexibility index (Phi) is 3.69. The third-order valence-corrected chi connectivity index (χ3v) is 3.99. The Morgan fingerprint density at radius 2 is 2.04 bits per heavy atom. The highest BCUT2D eigenvalue weighted by molar-refractivity contribution is 5.75. The number of aliphatic hydroxyl groups excluding tert-OH is 1. The van der Waals surface area contributed by atoms with Crippen LogP contribution in [0.3, 0.4) is 0 Å². The SMILES string of the molecule is CC=CCn1c(=O)c2c(nc3n(CCO)c(C)cn23)n(C)c1=O. The maximum Gasteiger partial charge on any atom is 0.332 e. The van der Waals surface area contributed by atoms with E-state index >= 15 is 0 Å². The van der Waals surface area contributed by atoms with Crippen molar-refractivity contribution < 1.29 is 5.11 Å². The Morgan fingerprint density at radius 3 is 2.70 bits per heavy atom. The summed E-state index contributed by atoms with van der Waals surface area (Å²) in [7, 11) is 1.60. The first kappa shape index (κ1) is 15.3. The van der Waals surface area contributed by atoms with Crippen molar-refractivity contribution >= 4 is 16.9 Å². The number of aliphatic hydroxyl groups is 1. The molecule has 1 N–H and O–H groups in total. The van der Waals surface area contributed by atoms with Crippen molar-refractivity contribution in [1.82, 2.24) is 23.1 Å². The predicted octanol–water partition coefficient (Wildman–Crippen LogP) is 0.0262. The Bertz CT molecular complexity index is 1030. The van der Waals surface area contributed by atoms with Gasteiger partial charge in [-0.1, -0.05) is 12.2 Å². The second kappa shape index (κ2) is 5.54. The van der Waals surface area contributed by atoms with Gasteiger partial charge in [0.25, 0.3) is 5.56 Å². The molecular formula is C15H19N5O3. The number of fused-ring (bicyclic) bond motifs is 3. The molecule has 0 saturated heterocycles. The zero-order valence-electron chi connectivity index (χ0n) is 13.4. The zero-order valence-corrected chi connectivity index (χ0v) is 13.4. The van der Waals surface area contributed by atoms with Crippen LogP contribution >= 0.6 is 0 Å². The first-order valence-corrected chi connectivity index (χ1v) is 7.41. The number of rotatable bonds is 4. The van der Waals surface area contributed by atoms with Crippen molar-refractivity contribution in [2.75, 3.05) is 6.61 Å². The van der Waals surface area contributed by atoms with E-state index in [-0.39, 0.29) is 18.7 Å². The van der Waals surface area contributed by atoms with Crippen molar-refractivity contribution in [2.45, 2.75) is 26.9 Å². The number of allylic oxidation sites excluding steroid dienone is 2. The Labute approximate surface area is 131 Å². The number of hydrogen-bond acceptors (Lipinski definition) is 4. The average molecular weight is 317 g/mol. The fraction of sp³-hybridized carbons (Fsp3) is 0.400. The van der Waals surface area contributed by atoms with E-state index < -0.39 is 5.69 Å². The van der Waals surface area contributed by atoms with Gasteiger partial charge in [0.2, 0.25) is 5.78 Å². The highest BCUT2D eigenvalue weighted by Gasteiger charge is 2.19. The van der Waals surface area contributed by atoms with E-state index in [0.717, 1.165) is 5.69 Å². The van der Waals surface area contributed by atoms with Gasteiger partial charge in [-0.25, -0.2) is 4.79 Å². The molecule has 3 aromatic heterocycles. The van der Waals surface area contributed by atoms with E-state index in [1.54, 1.807) is 29.8 Å². The Morgan fingerprint density at radius 1 is 1.30 bits per heavy atom. The molecule has 0 aliphatic rings. The van der Waals surface area contributed by atoms with E-state index in [9.17, 15) is 14.7 Å². The van der Waals surface area contributed by atoms with Crippen LogP contribution in [0, 0.1) is 6.92 Å². The first-order valence-electron chi connectivity index (χ1n) is 7.41. The van der Waals surface area contributed by atoms with Gasteiger partial charge in [0, 0.05) is 32.0 Å². The lowest BCUT2D eigenvalue weighted by Gasteiger charge is -2.05. The van der Waals surface area contributed by atoms with Gasteiger partial charge in [-0.3, -0.25) is 18.3 Å². The number of hydrogen-bond donors (Lipinski definition) is 1. The Balaban J connectivity index is 2.45. The molecule has 0 aliphatic heterocycles. The lowest BCUT2D eigenvalue weighted by Crippen LogP contribution is -2.39. The van der Waals surface area contributed by atoms with Crippen LogP contribution < -0.4 is 11.2 Å². The highest BCUT2D eigenvalue weighted by atomic mass is 16.3. The van der Waals surface area contributed by atoms with E-state index in [2.05, 4.69) is 4.98 Å². The van der Waals surface area contributed by atoms with Crippen LogP contribution in [-0.2, 0) is 20.1 Å². The molecule has 8 heteroatoms. The predicted molar refractivity (Wildman–Crippen MR) is 86.8 cm³/mol. The Hall–Kier alpha value is -2.61. The molecule has 3 heterocycles. The summed E-state index contributed by atoms with van der Waals surface area (Å²) < 4.78 is 6.08. The normalized spacial score (nSPS) is 12.2. The van der Waals surface area contributed by atoms with Crippen LogP contribution in [0.25, 0.3) is 16.9 Å². The summed E-state index contributed by atoms with van der Waals surface area (Å²) in [5.74, 6) is 0.544. The molecule has 3 rings (SSSR count). The minimum atomic E-state index is -0.396. The highest BCUT2D eigenvalue weighted by Crippen LogP contribution is 2.15. The monoisotopic (exact) mass is 317 g/mol. The third kappa shape index (κ3) is 2.14. The smallest absolute Gasteiger partial charge is 0.332 e. The fourth-order valence-corrected chi connectivity index (χ4v) is 2.80. The second-order valence-electron chi connectivity index (χ2n) is 5.43. The van der Waals surface area contributed by atoms with Crippen molar-refractivity contribution in [1.29, 1.82) is 0 Å². The molecule has 3 aromatic rings. The maximum absolute atomic E-state index is 12.8. The molecule has 122 valence electrons. The van der Waals surface area contributed by atoms with E-state index in [1.165, 1.54) is 9.13 Å². The topological polar surface area (TPSA) is 86.5 Å². The molecule has 0 amide bonds. The van der Waals surface area contributed by atoms with Gasteiger partial charge in [0.1, 0.15) is 0 Å². The van der Waals surface area contributed by atoms with Gasteiger partial charge in [-0.2, -0.15) is 4.98 Å². The molecule has 23 heavy (non-hydrogen) atoms. The van der Waals surface area contributed by atoms with Gasteiger partial charge in [0.05, 0.1) is 6.61 Å². The van der Waals surface area contributed by atoms with Crippen molar-refractivity contribution in [3.8, 4) is 0 Å². The zero-order chi connectivity index (χ0) is 16.7. The summed E-state index contributed by atoms with van der Waals surface area (Å²) in [4.78, 5) is 29.6. The van der Waals surface area contributed by atoms with E-state index in [1.807, 2.05) is 18.4 Å². The molecule has 0 fully saturated rings. The number of imidazole rings is 2. The van der Waals surface area contributed by atoms with Gasteiger partial charge in [-0.05, 0) is 13.8 Å². The van der Waals surface area contributed by atoms with Crippen molar-refractivity contribution in [3.63, 3.8) is 0 Å². The quantitative estimate of drug-likeness (QED) is 0.688. The molecule has 0 aliphatic carbocycles. The van der Waals surface area contributed by atoms with Crippen molar-refractivity contribution in [2.24, 2.45) is 7.05 Å². The molecule has 8 nitrogen and oxygen atoms in total. The minimum absolute atomic E-state index is 0.0289. The summed E-state index contributed by atoms with van der Waals surface area (Å²) >= 11 is 0. The molecule has 0 unspecified atom stereocenters. The van der Waals surface area contributed by atoms with Crippen molar-refractivity contribution in [3.05, 3.63) is 44.9 Å². The second-order valence-corrected chi connectivity index (χ2v) is 5.43. The molecule has 0 spiro atoms. The van der Waals surface area contributed by atoms with Gasteiger partial charge in [-0.15, -0.1) is 0 Å². The third-order valence-electron chi connectivity index (χ3n) is 3.99. The number of aryl methyl sites for hydroxylation is 2. The first-order chi connectivity index (χ1) is 11.0. The molecule has 0 aromatic carbocycles. The lowest BCUT2D eigenvalue weighted by atomic mass is 10.4. The van der Waals surface area contributed by atoms with Crippen LogP contribution in [-0.4, -0.2) is 34.8 Å². The van der Waals surface area contributed by atoms with Crippen LogP contribution in [0.5, 0.6) is 0 Å². The molecule has 0 atom stereocenters. The van der Waals surface area contributed by atoms with Crippen LogP contribution in [0.4, 0.5) is 0 Å². The summed E-state index contributed by atoms with van der Waals surface area (Å²) in [6.07, 6.45) is 5.35. The van der Waals surface area contributed by atoms with Crippen LogP contribution in [0.2, 0.25) is 0 Å². The largest absolute Gasteiger partial charge is 0.395 e. The van der Waals surface area contributed by atoms with Crippen LogP contribution in [0.1, 0.15) is 12.6 Å². The minimum Gasteiger partial charge on any atom is -0.395 e. The van der Waals surface area contributed by atoms with E-state index in [4.69, 9.17) is 0 Å². The van der Waals surface area contributed by atoms with Gasteiger partial charge >= 0.3 is 5.69 Å². The molecule has 0 bridgehead atoms. The summed E-state index contributed by atoms with van der Waals surface area (Å²) in [5, 5.41) is 9.20. The van der Waals surface area contributed by atoms with Gasteiger partial charge < -0.3 is 9.67 Å². The van der Waals surface area contributed by atoms with Gasteiger partial charge in [0.15, 0.2) is 11.2 Å².